The maximum absolute atomic E-state index is 13.6. The highest BCUT2D eigenvalue weighted by atomic mass is 19.1. The maximum atomic E-state index is 13.6. The molecule has 104 valence electrons. The molecule has 0 heterocycles. The van der Waals surface area contributed by atoms with Crippen molar-refractivity contribution in [3.05, 3.63) is 34.9 Å². The summed E-state index contributed by atoms with van der Waals surface area (Å²) in [5.41, 5.74) is -1.02. The van der Waals surface area contributed by atoms with E-state index >= 15 is 0 Å². The SMILES string of the molecule is Cc1cc(F)c(C(=O)CC(C)(C)CC(=O)O)cc1F. The predicted molar refractivity (Wildman–Crippen MR) is 66.1 cm³/mol. The molecule has 0 fully saturated rings. The van der Waals surface area contributed by atoms with Crippen LogP contribution < -0.4 is 0 Å². The summed E-state index contributed by atoms with van der Waals surface area (Å²) in [6, 6.07) is 1.83. The normalized spacial score (nSPS) is 11.4. The number of hydrogen-bond donors (Lipinski definition) is 1. The second-order valence-corrected chi connectivity index (χ2v) is 5.42. The molecule has 0 saturated heterocycles. The number of aryl methyl sites for hydroxylation is 1. The van der Waals surface area contributed by atoms with Gasteiger partial charge in [-0.05, 0) is 30.0 Å². The third-order valence-electron chi connectivity index (χ3n) is 2.82. The van der Waals surface area contributed by atoms with Crippen molar-refractivity contribution in [2.24, 2.45) is 5.41 Å². The van der Waals surface area contributed by atoms with E-state index in [1.54, 1.807) is 13.8 Å². The van der Waals surface area contributed by atoms with Crippen molar-refractivity contribution < 1.29 is 23.5 Å². The standard InChI is InChI=1S/C14H16F2O3/c1-8-4-11(16)9(5-10(8)15)12(17)6-14(2,3)7-13(18)19/h4-5H,6-7H2,1-3H3,(H,18,19). The summed E-state index contributed by atoms with van der Waals surface area (Å²) in [5, 5.41) is 8.72. The summed E-state index contributed by atoms with van der Waals surface area (Å²) in [6.45, 7) is 4.60. The summed E-state index contributed by atoms with van der Waals surface area (Å²) in [6.07, 6.45) is -0.368. The van der Waals surface area contributed by atoms with Crippen molar-refractivity contribution in [2.45, 2.75) is 33.6 Å². The Hall–Kier alpha value is -1.78. The van der Waals surface area contributed by atoms with E-state index in [4.69, 9.17) is 5.11 Å². The van der Waals surface area contributed by atoms with Crippen LogP contribution >= 0.6 is 0 Å². The molecule has 0 unspecified atom stereocenters. The molecule has 1 aromatic carbocycles. The third-order valence-corrected chi connectivity index (χ3v) is 2.82. The Balaban J connectivity index is 2.96. The Morgan fingerprint density at radius 1 is 1.16 bits per heavy atom. The van der Waals surface area contributed by atoms with Crippen LogP contribution in [0.25, 0.3) is 0 Å². The number of aliphatic carboxylic acids is 1. The van der Waals surface area contributed by atoms with Crippen molar-refractivity contribution in [1.29, 1.82) is 0 Å². The number of halogens is 2. The van der Waals surface area contributed by atoms with Gasteiger partial charge in [-0.1, -0.05) is 13.8 Å². The Morgan fingerprint density at radius 2 is 1.74 bits per heavy atom. The smallest absolute Gasteiger partial charge is 0.303 e. The molecule has 1 rings (SSSR count). The molecular formula is C14H16F2O3. The molecule has 1 N–H and O–H groups in total. The highest BCUT2D eigenvalue weighted by molar-refractivity contribution is 5.97. The van der Waals surface area contributed by atoms with Crippen LogP contribution in [0.4, 0.5) is 8.78 Å². The predicted octanol–water partition coefficient (Wildman–Crippen LogP) is 3.35. The molecule has 0 aliphatic heterocycles. The van der Waals surface area contributed by atoms with Crippen LogP contribution in [-0.2, 0) is 4.79 Å². The zero-order chi connectivity index (χ0) is 14.8. The molecule has 0 amide bonds. The summed E-state index contributed by atoms with van der Waals surface area (Å²) < 4.78 is 27.0. The number of benzene rings is 1. The number of carboxylic acid groups (broad SMARTS) is 1. The van der Waals surface area contributed by atoms with Gasteiger partial charge >= 0.3 is 5.97 Å². The van der Waals surface area contributed by atoms with Crippen LogP contribution in [0.2, 0.25) is 0 Å². The van der Waals surface area contributed by atoms with E-state index in [1.807, 2.05) is 0 Å². The summed E-state index contributed by atoms with van der Waals surface area (Å²) in [7, 11) is 0. The van der Waals surface area contributed by atoms with Gasteiger partial charge in [-0.15, -0.1) is 0 Å². The number of carboxylic acids is 1. The van der Waals surface area contributed by atoms with Gasteiger partial charge in [-0.2, -0.15) is 0 Å². The number of ketones is 1. The Bertz CT molecular complexity index is 522. The van der Waals surface area contributed by atoms with Crippen LogP contribution in [0.5, 0.6) is 0 Å². The zero-order valence-corrected chi connectivity index (χ0v) is 11.1. The Morgan fingerprint density at radius 3 is 2.26 bits per heavy atom. The van der Waals surface area contributed by atoms with Gasteiger partial charge in [0.1, 0.15) is 11.6 Å². The first kappa shape index (κ1) is 15.3. The summed E-state index contributed by atoms with van der Waals surface area (Å²) in [4.78, 5) is 22.6. The van der Waals surface area contributed by atoms with Crippen LogP contribution in [-0.4, -0.2) is 16.9 Å². The fraction of sp³-hybridized carbons (Fsp3) is 0.429. The summed E-state index contributed by atoms with van der Waals surface area (Å²) in [5.74, 6) is -3.06. The molecule has 19 heavy (non-hydrogen) atoms. The van der Waals surface area contributed by atoms with E-state index < -0.39 is 28.8 Å². The van der Waals surface area contributed by atoms with Gasteiger partial charge in [0.05, 0.1) is 12.0 Å². The second-order valence-electron chi connectivity index (χ2n) is 5.42. The minimum atomic E-state index is -1.03. The van der Waals surface area contributed by atoms with E-state index in [9.17, 15) is 18.4 Å². The Kier molecular flexibility index (Phi) is 4.39. The topological polar surface area (TPSA) is 54.4 Å². The third kappa shape index (κ3) is 4.12. The van der Waals surface area contributed by atoms with Crippen LogP contribution in [0.15, 0.2) is 12.1 Å². The lowest BCUT2D eigenvalue weighted by molar-refractivity contribution is -0.139. The van der Waals surface area contributed by atoms with Gasteiger partial charge in [-0.25, -0.2) is 8.78 Å². The zero-order valence-electron chi connectivity index (χ0n) is 11.1. The molecule has 0 aromatic heterocycles. The van der Waals surface area contributed by atoms with E-state index in [2.05, 4.69) is 0 Å². The van der Waals surface area contributed by atoms with E-state index in [0.717, 1.165) is 12.1 Å². The number of carbonyl (C=O) groups excluding carboxylic acids is 1. The molecular weight excluding hydrogens is 254 g/mol. The first-order valence-corrected chi connectivity index (χ1v) is 5.83. The van der Waals surface area contributed by atoms with Crippen LogP contribution in [0.3, 0.4) is 0 Å². The van der Waals surface area contributed by atoms with Crippen molar-refractivity contribution in [3.8, 4) is 0 Å². The molecule has 0 aliphatic carbocycles. The lowest BCUT2D eigenvalue weighted by atomic mass is 9.82. The van der Waals surface area contributed by atoms with E-state index in [-0.39, 0.29) is 24.0 Å². The van der Waals surface area contributed by atoms with E-state index in [0.29, 0.717) is 0 Å². The fourth-order valence-electron chi connectivity index (χ4n) is 1.86. The first-order valence-electron chi connectivity index (χ1n) is 5.83. The molecule has 0 aliphatic rings. The van der Waals surface area contributed by atoms with E-state index in [1.165, 1.54) is 6.92 Å². The molecule has 0 spiro atoms. The average Bonchev–Trinajstić information content (AvgIpc) is 2.20. The maximum Gasteiger partial charge on any atom is 0.303 e. The quantitative estimate of drug-likeness (QED) is 0.835. The van der Waals surface area contributed by atoms with Gasteiger partial charge in [0, 0.05) is 6.42 Å². The van der Waals surface area contributed by atoms with Gasteiger partial charge in [0.25, 0.3) is 0 Å². The minimum absolute atomic E-state index is 0.124. The van der Waals surface area contributed by atoms with Crippen molar-refractivity contribution in [3.63, 3.8) is 0 Å². The average molecular weight is 270 g/mol. The first-order chi connectivity index (χ1) is 8.62. The number of Topliss-reactive ketones (excluding diaryl/α,β-unsaturated/α-hetero) is 1. The number of hydrogen-bond acceptors (Lipinski definition) is 2. The number of carbonyl (C=O) groups is 2. The number of rotatable bonds is 5. The van der Waals surface area contributed by atoms with Crippen LogP contribution in [0.1, 0.15) is 42.6 Å². The largest absolute Gasteiger partial charge is 0.481 e. The van der Waals surface area contributed by atoms with Crippen molar-refractivity contribution in [1.82, 2.24) is 0 Å². The minimum Gasteiger partial charge on any atom is -0.481 e. The lowest BCUT2D eigenvalue weighted by Gasteiger charge is -2.21. The molecule has 0 saturated carbocycles. The van der Waals surface area contributed by atoms with Crippen molar-refractivity contribution in [2.75, 3.05) is 0 Å². The monoisotopic (exact) mass is 270 g/mol. The molecule has 5 heteroatoms. The second kappa shape index (κ2) is 5.47. The molecule has 0 atom stereocenters. The highest BCUT2D eigenvalue weighted by Gasteiger charge is 2.27. The summed E-state index contributed by atoms with van der Waals surface area (Å²) >= 11 is 0. The lowest BCUT2D eigenvalue weighted by Crippen LogP contribution is -2.21. The fourth-order valence-corrected chi connectivity index (χ4v) is 1.86. The van der Waals surface area contributed by atoms with Gasteiger partial charge < -0.3 is 5.11 Å². The highest BCUT2D eigenvalue weighted by Crippen LogP contribution is 2.28. The van der Waals surface area contributed by atoms with Gasteiger partial charge in [-0.3, -0.25) is 9.59 Å². The Labute approximate surface area is 110 Å². The molecule has 1 aromatic rings. The van der Waals surface area contributed by atoms with Crippen LogP contribution in [0, 0.1) is 24.0 Å². The van der Waals surface area contributed by atoms with Gasteiger partial charge in [0.15, 0.2) is 5.78 Å². The van der Waals surface area contributed by atoms with Gasteiger partial charge in [0.2, 0.25) is 0 Å². The molecule has 3 nitrogen and oxygen atoms in total. The molecule has 0 radical (unpaired) electrons. The van der Waals surface area contributed by atoms with Crippen molar-refractivity contribution >= 4 is 11.8 Å². The molecule has 0 bridgehead atoms.